The fourth-order valence-corrected chi connectivity index (χ4v) is 3.82. The smallest absolute Gasteiger partial charge is 0.270 e. The van der Waals surface area contributed by atoms with Crippen molar-refractivity contribution in [1.29, 1.82) is 0 Å². The first kappa shape index (κ1) is 18.2. The second-order valence-electron chi connectivity index (χ2n) is 5.40. The molecule has 0 radical (unpaired) electrons. The Morgan fingerprint density at radius 3 is 2.58 bits per heavy atom. The molecule has 1 fully saturated rings. The topological polar surface area (TPSA) is 72.6 Å². The number of para-hydroxylation sites is 1. The van der Waals surface area contributed by atoms with Crippen LogP contribution in [0.3, 0.4) is 0 Å². The molecule has 0 saturated carbocycles. The summed E-state index contributed by atoms with van der Waals surface area (Å²) in [6.07, 6.45) is 1.77. The lowest BCUT2D eigenvalue weighted by Gasteiger charge is -2.17. The number of nitrogens with two attached hydrogens (primary N) is 1. The van der Waals surface area contributed by atoms with E-state index in [4.69, 9.17) is 22.7 Å². The molecule has 2 N–H and O–H groups in total. The number of thioether (sulfide) groups is 1. The maximum absolute atomic E-state index is 12.8. The minimum absolute atomic E-state index is 0.256. The molecule has 3 rings (SSSR count). The molecule has 5 nitrogen and oxygen atoms in total. The lowest BCUT2D eigenvalue weighted by atomic mass is 10.1. The Labute approximate surface area is 160 Å². The monoisotopic (exact) mass is 384 g/mol. The first-order valence-corrected chi connectivity index (χ1v) is 9.13. The van der Waals surface area contributed by atoms with Gasteiger partial charge in [0.25, 0.3) is 11.8 Å². The Hall–Kier alpha value is -2.64. The van der Waals surface area contributed by atoms with Crippen molar-refractivity contribution in [3.05, 3.63) is 64.6 Å². The Morgan fingerprint density at radius 1 is 1.23 bits per heavy atom. The van der Waals surface area contributed by atoms with Crippen LogP contribution in [0.2, 0.25) is 0 Å². The van der Waals surface area contributed by atoms with Gasteiger partial charge in [0.2, 0.25) is 0 Å². The third-order valence-corrected chi connectivity index (χ3v) is 5.00. The van der Waals surface area contributed by atoms with Gasteiger partial charge in [-0.2, -0.15) is 0 Å². The molecule has 2 aromatic carbocycles. The highest BCUT2D eigenvalue weighted by atomic mass is 32.2. The van der Waals surface area contributed by atoms with Crippen molar-refractivity contribution in [3.8, 4) is 5.75 Å². The fourth-order valence-electron chi connectivity index (χ4n) is 2.53. The van der Waals surface area contributed by atoms with Gasteiger partial charge in [0.05, 0.1) is 22.8 Å². The number of amides is 2. The standard InChI is InChI=1S/C19H16N2O3S2/c1-2-24-13-9-7-12(8-10-13)11-16-18(23)21(19(25)26-16)15-6-4-3-5-14(15)17(20)22/h3-11H,2H2,1H3,(H2,20,22)/b16-11-. The number of thiocarbonyl (C=S) groups is 1. The molecular weight excluding hydrogens is 368 g/mol. The summed E-state index contributed by atoms with van der Waals surface area (Å²) in [5.41, 5.74) is 6.93. The highest BCUT2D eigenvalue weighted by Gasteiger charge is 2.35. The zero-order valence-electron chi connectivity index (χ0n) is 14.0. The zero-order valence-corrected chi connectivity index (χ0v) is 15.6. The van der Waals surface area contributed by atoms with Crippen molar-refractivity contribution < 1.29 is 14.3 Å². The van der Waals surface area contributed by atoms with Crippen LogP contribution in [0.25, 0.3) is 6.08 Å². The fraction of sp³-hybridized carbons (Fsp3) is 0.105. The van der Waals surface area contributed by atoms with Gasteiger partial charge in [-0.05, 0) is 42.8 Å². The van der Waals surface area contributed by atoms with Crippen LogP contribution < -0.4 is 15.4 Å². The van der Waals surface area contributed by atoms with Gasteiger partial charge < -0.3 is 10.5 Å². The van der Waals surface area contributed by atoms with Gasteiger partial charge >= 0.3 is 0 Å². The number of anilines is 1. The van der Waals surface area contributed by atoms with E-state index in [0.717, 1.165) is 11.3 Å². The molecule has 0 bridgehead atoms. The highest BCUT2D eigenvalue weighted by molar-refractivity contribution is 8.27. The summed E-state index contributed by atoms with van der Waals surface area (Å²) in [5, 5.41) is 0. The second-order valence-corrected chi connectivity index (χ2v) is 7.08. The zero-order chi connectivity index (χ0) is 18.7. The summed E-state index contributed by atoms with van der Waals surface area (Å²) in [4.78, 5) is 26.3. The van der Waals surface area contributed by atoms with Crippen LogP contribution in [0.1, 0.15) is 22.8 Å². The third-order valence-electron chi connectivity index (χ3n) is 3.69. The maximum Gasteiger partial charge on any atom is 0.270 e. The Kier molecular flexibility index (Phi) is 5.39. The number of primary amides is 1. The summed E-state index contributed by atoms with van der Waals surface area (Å²) >= 11 is 6.54. The minimum atomic E-state index is -0.606. The van der Waals surface area contributed by atoms with Crippen LogP contribution in [0.5, 0.6) is 5.75 Å². The summed E-state index contributed by atoms with van der Waals surface area (Å²) < 4.78 is 5.78. The number of rotatable bonds is 5. The molecule has 26 heavy (non-hydrogen) atoms. The van der Waals surface area contributed by atoms with Crippen LogP contribution in [0, 0.1) is 0 Å². The number of carbonyl (C=O) groups excluding carboxylic acids is 2. The van der Waals surface area contributed by atoms with Crippen LogP contribution in [-0.4, -0.2) is 22.7 Å². The molecule has 0 atom stereocenters. The number of benzene rings is 2. The number of nitrogens with zero attached hydrogens (tertiary/aromatic N) is 1. The van der Waals surface area contributed by atoms with E-state index in [1.807, 2.05) is 31.2 Å². The molecule has 1 aliphatic rings. The van der Waals surface area contributed by atoms with Crippen molar-refractivity contribution in [2.45, 2.75) is 6.92 Å². The SMILES string of the molecule is CCOc1ccc(/C=C2\SC(=S)N(c3ccccc3C(N)=O)C2=O)cc1. The molecule has 0 aliphatic carbocycles. The van der Waals surface area contributed by atoms with Gasteiger partial charge in [0.1, 0.15) is 5.75 Å². The van der Waals surface area contributed by atoms with Crippen LogP contribution in [0.15, 0.2) is 53.4 Å². The first-order valence-electron chi connectivity index (χ1n) is 7.91. The lowest BCUT2D eigenvalue weighted by molar-refractivity contribution is -0.113. The summed E-state index contributed by atoms with van der Waals surface area (Å²) in [7, 11) is 0. The second kappa shape index (κ2) is 7.72. The predicted octanol–water partition coefficient (Wildman–Crippen LogP) is 3.59. The minimum Gasteiger partial charge on any atom is -0.494 e. The molecule has 1 heterocycles. The van der Waals surface area contributed by atoms with Gasteiger partial charge in [0.15, 0.2) is 4.32 Å². The average Bonchev–Trinajstić information content (AvgIpc) is 2.90. The largest absolute Gasteiger partial charge is 0.494 e. The van der Waals surface area contributed by atoms with E-state index in [1.165, 1.54) is 16.7 Å². The molecule has 2 aromatic rings. The summed E-state index contributed by atoms with van der Waals surface area (Å²) in [5.74, 6) is -0.111. The van der Waals surface area contributed by atoms with Crippen molar-refractivity contribution >= 4 is 51.9 Å². The molecule has 0 unspecified atom stereocenters. The molecule has 1 saturated heterocycles. The Bertz CT molecular complexity index is 907. The molecule has 132 valence electrons. The molecule has 0 spiro atoms. The quantitative estimate of drug-likeness (QED) is 0.630. The molecular formula is C19H16N2O3S2. The van der Waals surface area contributed by atoms with Crippen LogP contribution >= 0.6 is 24.0 Å². The molecule has 0 aromatic heterocycles. The van der Waals surface area contributed by atoms with E-state index < -0.39 is 5.91 Å². The van der Waals surface area contributed by atoms with Gasteiger partial charge in [-0.15, -0.1) is 0 Å². The van der Waals surface area contributed by atoms with Crippen molar-refractivity contribution in [2.75, 3.05) is 11.5 Å². The van der Waals surface area contributed by atoms with Crippen LogP contribution in [-0.2, 0) is 4.79 Å². The third kappa shape index (κ3) is 3.63. The average molecular weight is 384 g/mol. The Morgan fingerprint density at radius 2 is 1.92 bits per heavy atom. The lowest BCUT2D eigenvalue weighted by Crippen LogP contribution is -2.30. The van der Waals surface area contributed by atoms with Crippen molar-refractivity contribution in [2.24, 2.45) is 5.73 Å². The van der Waals surface area contributed by atoms with E-state index in [2.05, 4.69) is 0 Å². The van der Waals surface area contributed by atoms with Crippen molar-refractivity contribution in [1.82, 2.24) is 0 Å². The Balaban J connectivity index is 1.91. The molecule has 7 heteroatoms. The van der Waals surface area contributed by atoms with Gasteiger partial charge in [-0.3, -0.25) is 14.5 Å². The van der Waals surface area contributed by atoms with E-state index in [1.54, 1.807) is 30.3 Å². The first-order chi connectivity index (χ1) is 12.5. The number of ether oxygens (including phenoxy) is 1. The van der Waals surface area contributed by atoms with Gasteiger partial charge in [0, 0.05) is 0 Å². The van der Waals surface area contributed by atoms with E-state index >= 15 is 0 Å². The number of carbonyl (C=O) groups is 2. The van der Waals surface area contributed by atoms with Gasteiger partial charge in [-0.25, -0.2) is 0 Å². The molecule has 2 amide bonds. The van der Waals surface area contributed by atoms with Crippen molar-refractivity contribution in [3.63, 3.8) is 0 Å². The summed E-state index contributed by atoms with van der Waals surface area (Å²) in [6, 6.07) is 14.1. The number of hydrogen-bond donors (Lipinski definition) is 1. The number of hydrogen-bond acceptors (Lipinski definition) is 5. The summed E-state index contributed by atoms with van der Waals surface area (Å²) in [6.45, 7) is 2.51. The maximum atomic E-state index is 12.8. The molecule has 1 aliphatic heterocycles. The highest BCUT2D eigenvalue weighted by Crippen LogP contribution is 2.37. The van der Waals surface area contributed by atoms with E-state index in [0.29, 0.717) is 21.5 Å². The van der Waals surface area contributed by atoms with Crippen LogP contribution in [0.4, 0.5) is 5.69 Å². The van der Waals surface area contributed by atoms with E-state index in [9.17, 15) is 9.59 Å². The predicted molar refractivity (Wildman–Crippen MR) is 108 cm³/mol. The van der Waals surface area contributed by atoms with Gasteiger partial charge in [-0.1, -0.05) is 48.2 Å². The van der Waals surface area contributed by atoms with E-state index in [-0.39, 0.29) is 11.5 Å². The normalized spacial score (nSPS) is 15.6.